The molecule has 2 atom stereocenters. The number of hydrogen-bond donors (Lipinski definition) is 3. The number of nitrogens with one attached hydrogen (secondary N) is 3. The Morgan fingerprint density at radius 2 is 2.07 bits per heavy atom. The van der Waals surface area contributed by atoms with Crippen LogP contribution in [0.5, 0.6) is 0 Å². The molecule has 158 valence electrons. The number of guanidine groups is 1. The monoisotopic (exact) mass is 397 g/mol. The lowest BCUT2D eigenvalue weighted by Crippen LogP contribution is -2.49. The Morgan fingerprint density at radius 3 is 2.79 bits per heavy atom. The van der Waals surface area contributed by atoms with Gasteiger partial charge in [-0.2, -0.15) is 5.10 Å². The summed E-state index contributed by atoms with van der Waals surface area (Å²) in [6, 6.07) is 11.1. The van der Waals surface area contributed by atoms with E-state index < -0.39 is 0 Å². The first-order valence-electron chi connectivity index (χ1n) is 10.6. The van der Waals surface area contributed by atoms with Crippen LogP contribution in [0, 0.1) is 6.92 Å². The van der Waals surface area contributed by atoms with Crippen molar-refractivity contribution >= 4 is 5.96 Å². The minimum absolute atomic E-state index is 0.125. The van der Waals surface area contributed by atoms with Crippen molar-refractivity contribution in [2.75, 3.05) is 13.1 Å². The second-order valence-electron chi connectivity index (χ2n) is 8.49. The van der Waals surface area contributed by atoms with E-state index in [1.54, 1.807) is 0 Å². The lowest BCUT2D eigenvalue weighted by molar-refractivity contribution is 0.355. The molecule has 3 N–H and O–H groups in total. The number of aliphatic imine (C=N–C) groups is 1. The van der Waals surface area contributed by atoms with Crippen LogP contribution in [-0.2, 0) is 13.0 Å². The first-order valence-corrected chi connectivity index (χ1v) is 10.6. The van der Waals surface area contributed by atoms with E-state index in [1.807, 2.05) is 11.6 Å². The van der Waals surface area contributed by atoms with Crippen LogP contribution in [0.25, 0.3) is 0 Å². The van der Waals surface area contributed by atoms with Gasteiger partial charge in [0.1, 0.15) is 11.6 Å². The maximum Gasteiger partial charge on any atom is 0.191 e. The molecule has 1 aliphatic heterocycles. The van der Waals surface area contributed by atoms with Crippen LogP contribution in [0.1, 0.15) is 57.4 Å². The van der Waals surface area contributed by atoms with Crippen molar-refractivity contribution in [3.63, 3.8) is 0 Å². The van der Waals surface area contributed by atoms with Gasteiger partial charge in [-0.3, -0.25) is 4.99 Å². The molecule has 0 spiro atoms. The van der Waals surface area contributed by atoms with Gasteiger partial charge in [-0.05, 0) is 46.6 Å². The summed E-state index contributed by atoms with van der Waals surface area (Å²) < 4.78 is 2.02. The van der Waals surface area contributed by atoms with E-state index in [2.05, 4.69) is 84.1 Å². The molecule has 7 heteroatoms. The summed E-state index contributed by atoms with van der Waals surface area (Å²) >= 11 is 0. The third kappa shape index (κ3) is 6.03. The Morgan fingerprint density at radius 1 is 1.31 bits per heavy atom. The fourth-order valence-corrected chi connectivity index (χ4v) is 3.80. The molecular formula is C22H35N7. The van der Waals surface area contributed by atoms with E-state index in [1.165, 1.54) is 5.56 Å². The zero-order valence-electron chi connectivity index (χ0n) is 18.4. The Labute approximate surface area is 174 Å². The van der Waals surface area contributed by atoms with Crippen molar-refractivity contribution in [2.45, 2.75) is 71.6 Å². The largest absolute Gasteiger partial charge is 0.357 e. The topological polar surface area (TPSA) is 79.2 Å². The number of aryl methyl sites for hydroxylation is 2. The molecular weight excluding hydrogens is 362 g/mol. The van der Waals surface area contributed by atoms with Crippen molar-refractivity contribution < 1.29 is 0 Å². The normalized spacial score (nSPS) is 18.2. The van der Waals surface area contributed by atoms with Gasteiger partial charge in [-0.1, -0.05) is 30.3 Å². The van der Waals surface area contributed by atoms with Gasteiger partial charge in [0.15, 0.2) is 5.96 Å². The number of nitrogens with zero attached hydrogens (tertiary/aromatic N) is 4. The molecule has 0 bridgehead atoms. The Balaban J connectivity index is 1.59. The van der Waals surface area contributed by atoms with Crippen LogP contribution < -0.4 is 16.0 Å². The maximum atomic E-state index is 4.87. The molecule has 1 aliphatic rings. The van der Waals surface area contributed by atoms with Crippen molar-refractivity contribution in [2.24, 2.45) is 4.99 Å². The first kappa shape index (κ1) is 21.3. The van der Waals surface area contributed by atoms with Crippen LogP contribution in [0.2, 0.25) is 0 Å². The summed E-state index contributed by atoms with van der Waals surface area (Å²) in [6.07, 6.45) is 1.98. The predicted molar refractivity (Wildman–Crippen MR) is 118 cm³/mol. The molecule has 0 saturated heterocycles. The van der Waals surface area contributed by atoms with E-state index in [9.17, 15) is 0 Å². The molecule has 0 amide bonds. The van der Waals surface area contributed by atoms with Crippen molar-refractivity contribution in [3.05, 3.63) is 47.5 Å². The molecule has 1 aromatic carbocycles. The zero-order chi connectivity index (χ0) is 20.9. The number of fused-ring (bicyclic) bond motifs is 1. The minimum Gasteiger partial charge on any atom is -0.357 e. The van der Waals surface area contributed by atoms with E-state index in [0.717, 1.165) is 43.5 Å². The highest BCUT2D eigenvalue weighted by Crippen LogP contribution is 2.17. The van der Waals surface area contributed by atoms with Gasteiger partial charge in [-0.15, -0.1) is 0 Å². The number of benzene rings is 1. The van der Waals surface area contributed by atoms with Crippen LogP contribution in [0.15, 0.2) is 35.3 Å². The molecule has 1 aromatic heterocycles. The Bertz CT molecular complexity index is 810. The van der Waals surface area contributed by atoms with Crippen molar-refractivity contribution in [1.82, 2.24) is 30.7 Å². The molecule has 0 fully saturated rings. The quantitative estimate of drug-likeness (QED) is 0.494. The fraction of sp³-hybridized carbons (Fsp3) is 0.591. The van der Waals surface area contributed by atoms with E-state index in [0.29, 0.717) is 12.6 Å². The predicted octanol–water partition coefficient (Wildman–Crippen LogP) is 2.59. The number of rotatable bonds is 7. The van der Waals surface area contributed by atoms with Crippen LogP contribution in [0.3, 0.4) is 0 Å². The molecule has 3 rings (SSSR count). The van der Waals surface area contributed by atoms with Crippen LogP contribution >= 0.6 is 0 Å². The molecule has 2 aromatic rings. The van der Waals surface area contributed by atoms with Crippen LogP contribution in [0.4, 0.5) is 0 Å². The van der Waals surface area contributed by atoms with Crippen molar-refractivity contribution in [1.29, 1.82) is 0 Å². The summed E-state index contributed by atoms with van der Waals surface area (Å²) in [4.78, 5) is 9.37. The van der Waals surface area contributed by atoms with Gasteiger partial charge in [0.2, 0.25) is 0 Å². The average molecular weight is 398 g/mol. The fourth-order valence-electron chi connectivity index (χ4n) is 3.80. The molecule has 2 heterocycles. The first-order chi connectivity index (χ1) is 13.9. The molecule has 0 saturated carbocycles. The highest BCUT2D eigenvalue weighted by molar-refractivity contribution is 5.80. The van der Waals surface area contributed by atoms with Gasteiger partial charge in [-0.25, -0.2) is 9.67 Å². The van der Waals surface area contributed by atoms with Crippen molar-refractivity contribution in [3.8, 4) is 0 Å². The minimum atomic E-state index is -0.125. The van der Waals surface area contributed by atoms with Crippen LogP contribution in [-0.4, -0.2) is 45.4 Å². The average Bonchev–Trinajstić information content (AvgIpc) is 3.06. The van der Waals surface area contributed by atoms with Gasteiger partial charge >= 0.3 is 0 Å². The highest BCUT2D eigenvalue weighted by Gasteiger charge is 2.23. The Kier molecular flexibility index (Phi) is 6.90. The van der Waals surface area contributed by atoms with Gasteiger partial charge in [0.05, 0.1) is 13.1 Å². The number of aromatic nitrogens is 3. The summed E-state index contributed by atoms with van der Waals surface area (Å²) in [5.41, 5.74) is 1.16. The SMILES string of the molecule is CCNC(=NCC(C)(C)NC(C)c1ccccc1)NC1CCc2nc(C)nn2C1. The summed E-state index contributed by atoms with van der Waals surface area (Å²) in [5, 5.41) is 15.2. The lowest BCUT2D eigenvalue weighted by Gasteiger charge is -2.30. The standard InChI is InChI=1S/C22H35N7/c1-6-23-21(26-19-12-13-20-25-17(3)28-29(20)14-19)24-15-22(4,5)27-16(2)18-10-8-7-9-11-18/h7-11,16,19,27H,6,12-15H2,1-5H3,(H2,23,24,26). The number of hydrogen-bond acceptors (Lipinski definition) is 4. The molecule has 0 radical (unpaired) electrons. The van der Waals surface area contributed by atoms with E-state index in [4.69, 9.17) is 4.99 Å². The Hall–Kier alpha value is -2.41. The summed E-state index contributed by atoms with van der Waals surface area (Å²) in [7, 11) is 0. The highest BCUT2D eigenvalue weighted by atomic mass is 15.4. The van der Waals surface area contributed by atoms with Gasteiger partial charge < -0.3 is 16.0 Å². The zero-order valence-corrected chi connectivity index (χ0v) is 18.4. The lowest BCUT2D eigenvalue weighted by atomic mass is 10.0. The maximum absolute atomic E-state index is 4.87. The second-order valence-corrected chi connectivity index (χ2v) is 8.49. The third-order valence-electron chi connectivity index (χ3n) is 5.19. The van der Waals surface area contributed by atoms with Gasteiger partial charge in [0.25, 0.3) is 0 Å². The summed E-state index contributed by atoms with van der Waals surface area (Å²) in [6.45, 7) is 13.0. The molecule has 2 unspecified atom stereocenters. The molecule has 29 heavy (non-hydrogen) atoms. The van der Waals surface area contributed by atoms with E-state index >= 15 is 0 Å². The molecule has 0 aliphatic carbocycles. The molecule has 7 nitrogen and oxygen atoms in total. The smallest absolute Gasteiger partial charge is 0.191 e. The third-order valence-corrected chi connectivity index (χ3v) is 5.19. The second kappa shape index (κ2) is 9.39. The summed E-state index contributed by atoms with van der Waals surface area (Å²) in [5.74, 6) is 2.80. The van der Waals surface area contributed by atoms with Gasteiger partial charge in [0, 0.05) is 30.6 Å². The van der Waals surface area contributed by atoms with E-state index in [-0.39, 0.29) is 11.6 Å².